The molecule has 0 aliphatic carbocycles. The van der Waals surface area contributed by atoms with Crippen LogP contribution in [0.1, 0.15) is 19.3 Å². The van der Waals surface area contributed by atoms with Crippen LogP contribution in [0.25, 0.3) is 0 Å². The van der Waals surface area contributed by atoms with Crippen LogP contribution in [-0.2, 0) is 4.79 Å². The number of halogens is 1. The van der Waals surface area contributed by atoms with Crippen molar-refractivity contribution in [2.24, 2.45) is 0 Å². The Bertz CT molecular complexity index is 422. The van der Waals surface area contributed by atoms with Crippen LogP contribution in [0.2, 0.25) is 0 Å². The van der Waals surface area contributed by atoms with Gasteiger partial charge < -0.3 is 15.3 Å². The molecule has 2 N–H and O–H groups in total. The van der Waals surface area contributed by atoms with Crippen molar-refractivity contribution in [3.63, 3.8) is 0 Å². The molecule has 1 aliphatic rings. The number of carbonyl (C=O) groups is 1. The van der Waals surface area contributed by atoms with Crippen LogP contribution in [0.5, 0.6) is 0 Å². The Kier molecular flexibility index (Phi) is 4.87. The molecule has 0 aromatic heterocycles. The van der Waals surface area contributed by atoms with Gasteiger partial charge in [-0.05, 0) is 43.7 Å². The zero-order chi connectivity index (χ0) is 13.7. The Balaban J connectivity index is 1.73. The first kappa shape index (κ1) is 14.0. The third-order valence-corrected chi connectivity index (χ3v) is 3.26. The fourth-order valence-electron chi connectivity index (χ4n) is 2.25. The predicted octanol–water partition coefficient (Wildman–Crippen LogP) is 1.61. The van der Waals surface area contributed by atoms with Crippen LogP contribution in [0.15, 0.2) is 24.3 Å². The average molecular weight is 266 g/mol. The molecule has 1 saturated heterocycles. The topological polar surface area (TPSA) is 52.6 Å². The summed E-state index contributed by atoms with van der Waals surface area (Å²) >= 11 is 0. The van der Waals surface area contributed by atoms with E-state index in [2.05, 4.69) is 10.2 Å². The molecular weight excluding hydrogens is 247 g/mol. The monoisotopic (exact) mass is 266 g/mol. The maximum absolute atomic E-state index is 12.7. The van der Waals surface area contributed by atoms with E-state index in [1.54, 1.807) is 0 Å². The Morgan fingerprint density at radius 3 is 2.84 bits per heavy atom. The maximum Gasteiger partial charge on any atom is 0.225 e. The highest BCUT2D eigenvalue weighted by atomic mass is 19.1. The minimum absolute atomic E-state index is 0.0910. The van der Waals surface area contributed by atoms with Crippen molar-refractivity contribution in [1.29, 1.82) is 0 Å². The van der Waals surface area contributed by atoms with Gasteiger partial charge in [-0.3, -0.25) is 4.79 Å². The normalized spacial score (nSPS) is 20.2. The number of hydrogen-bond acceptors (Lipinski definition) is 3. The van der Waals surface area contributed by atoms with Crippen molar-refractivity contribution in [1.82, 2.24) is 4.90 Å². The highest BCUT2D eigenvalue weighted by molar-refractivity contribution is 5.90. The van der Waals surface area contributed by atoms with Gasteiger partial charge in [-0.2, -0.15) is 0 Å². The van der Waals surface area contributed by atoms with E-state index in [-0.39, 0.29) is 17.8 Å². The van der Waals surface area contributed by atoms with E-state index in [4.69, 9.17) is 0 Å². The Labute approximate surface area is 112 Å². The van der Waals surface area contributed by atoms with E-state index in [0.29, 0.717) is 25.2 Å². The molecule has 1 unspecified atom stereocenters. The second-order valence-corrected chi connectivity index (χ2v) is 4.90. The molecule has 5 heteroatoms. The van der Waals surface area contributed by atoms with Crippen molar-refractivity contribution >= 4 is 11.6 Å². The molecule has 0 saturated carbocycles. The standard InChI is InChI=1S/C14H19FN2O2/c15-11-3-5-12(6-4-11)16-14(19)7-9-17-8-1-2-13(18)10-17/h3-6,13,18H,1-2,7-10H2,(H,16,19). The molecule has 4 nitrogen and oxygen atoms in total. The fraction of sp³-hybridized carbons (Fsp3) is 0.500. The lowest BCUT2D eigenvalue weighted by molar-refractivity contribution is -0.116. The number of hydrogen-bond donors (Lipinski definition) is 2. The van der Waals surface area contributed by atoms with E-state index < -0.39 is 0 Å². The summed E-state index contributed by atoms with van der Waals surface area (Å²) in [6.07, 6.45) is 1.93. The maximum atomic E-state index is 12.7. The molecule has 0 spiro atoms. The first-order valence-corrected chi connectivity index (χ1v) is 6.59. The lowest BCUT2D eigenvalue weighted by atomic mass is 10.1. The highest BCUT2D eigenvalue weighted by Gasteiger charge is 2.17. The largest absolute Gasteiger partial charge is 0.392 e. The lowest BCUT2D eigenvalue weighted by Crippen LogP contribution is -2.39. The lowest BCUT2D eigenvalue weighted by Gasteiger charge is -2.29. The summed E-state index contributed by atoms with van der Waals surface area (Å²) in [7, 11) is 0. The summed E-state index contributed by atoms with van der Waals surface area (Å²) in [5.74, 6) is -0.410. The molecule has 1 aliphatic heterocycles. The fourth-order valence-corrected chi connectivity index (χ4v) is 2.25. The third kappa shape index (κ3) is 4.61. The van der Waals surface area contributed by atoms with Crippen LogP contribution in [0.4, 0.5) is 10.1 Å². The second-order valence-electron chi connectivity index (χ2n) is 4.90. The van der Waals surface area contributed by atoms with Crippen LogP contribution < -0.4 is 5.32 Å². The van der Waals surface area contributed by atoms with Gasteiger partial charge in [0.2, 0.25) is 5.91 Å². The number of β-amino-alcohol motifs (C(OH)–C–C–N with tert-alkyl or cyclic N) is 1. The summed E-state index contributed by atoms with van der Waals surface area (Å²) in [4.78, 5) is 13.8. The van der Waals surface area contributed by atoms with Crippen LogP contribution >= 0.6 is 0 Å². The Morgan fingerprint density at radius 2 is 2.16 bits per heavy atom. The van der Waals surface area contributed by atoms with Gasteiger partial charge in [-0.1, -0.05) is 0 Å². The summed E-state index contributed by atoms with van der Waals surface area (Å²) in [6, 6.07) is 5.71. The zero-order valence-electron chi connectivity index (χ0n) is 10.8. The predicted molar refractivity (Wildman–Crippen MR) is 71.3 cm³/mol. The Morgan fingerprint density at radius 1 is 1.42 bits per heavy atom. The number of carbonyl (C=O) groups excluding carboxylic acids is 1. The molecule has 1 heterocycles. The molecule has 104 valence electrons. The molecule has 1 amide bonds. The van der Waals surface area contributed by atoms with Crippen molar-refractivity contribution in [3.05, 3.63) is 30.1 Å². The van der Waals surface area contributed by atoms with E-state index in [9.17, 15) is 14.3 Å². The summed E-state index contributed by atoms with van der Waals surface area (Å²) in [5, 5.41) is 12.3. The minimum Gasteiger partial charge on any atom is -0.392 e. The zero-order valence-corrected chi connectivity index (χ0v) is 10.8. The van der Waals surface area contributed by atoms with Crippen LogP contribution in [0, 0.1) is 5.82 Å². The molecule has 2 rings (SSSR count). The van der Waals surface area contributed by atoms with Gasteiger partial charge in [0.1, 0.15) is 5.82 Å². The van der Waals surface area contributed by atoms with Crippen LogP contribution in [-0.4, -0.2) is 41.7 Å². The van der Waals surface area contributed by atoms with E-state index >= 15 is 0 Å². The van der Waals surface area contributed by atoms with Crippen molar-refractivity contribution in [2.45, 2.75) is 25.4 Å². The van der Waals surface area contributed by atoms with Gasteiger partial charge in [-0.25, -0.2) is 4.39 Å². The molecule has 1 aromatic rings. The number of rotatable bonds is 4. The minimum atomic E-state index is -0.319. The number of anilines is 1. The van der Waals surface area contributed by atoms with E-state index in [1.165, 1.54) is 24.3 Å². The number of piperidine rings is 1. The highest BCUT2D eigenvalue weighted by Crippen LogP contribution is 2.11. The molecule has 19 heavy (non-hydrogen) atoms. The first-order chi connectivity index (χ1) is 9.13. The van der Waals surface area contributed by atoms with Gasteiger partial charge >= 0.3 is 0 Å². The first-order valence-electron chi connectivity index (χ1n) is 6.59. The summed E-state index contributed by atoms with van der Waals surface area (Å²) in [6.45, 7) is 2.22. The molecule has 0 bridgehead atoms. The number of likely N-dealkylation sites (tertiary alicyclic amines) is 1. The van der Waals surface area contributed by atoms with Gasteiger partial charge in [0.05, 0.1) is 6.10 Å². The second kappa shape index (κ2) is 6.63. The number of aliphatic hydroxyl groups is 1. The third-order valence-electron chi connectivity index (χ3n) is 3.26. The van der Waals surface area contributed by atoms with E-state index in [1.807, 2.05) is 0 Å². The van der Waals surface area contributed by atoms with Crippen molar-refractivity contribution in [2.75, 3.05) is 25.0 Å². The molecule has 1 atom stereocenters. The van der Waals surface area contributed by atoms with Gasteiger partial charge in [0.25, 0.3) is 0 Å². The SMILES string of the molecule is O=C(CCN1CCCC(O)C1)Nc1ccc(F)cc1. The molecule has 0 radical (unpaired) electrons. The Hall–Kier alpha value is -1.46. The molecule has 1 aromatic carbocycles. The quantitative estimate of drug-likeness (QED) is 0.870. The van der Waals surface area contributed by atoms with Gasteiger partial charge in [-0.15, -0.1) is 0 Å². The number of benzene rings is 1. The number of aliphatic hydroxyl groups excluding tert-OH is 1. The van der Waals surface area contributed by atoms with Crippen molar-refractivity contribution in [3.8, 4) is 0 Å². The molecule has 1 fully saturated rings. The average Bonchev–Trinajstić information content (AvgIpc) is 2.39. The smallest absolute Gasteiger partial charge is 0.225 e. The number of nitrogens with zero attached hydrogens (tertiary/aromatic N) is 1. The summed E-state index contributed by atoms with van der Waals surface area (Å²) < 4.78 is 12.7. The number of nitrogens with one attached hydrogen (secondary N) is 1. The van der Waals surface area contributed by atoms with Gasteiger partial charge in [0.15, 0.2) is 0 Å². The number of amides is 1. The van der Waals surface area contributed by atoms with E-state index in [0.717, 1.165) is 19.4 Å². The van der Waals surface area contributed by atoms with Crippen LogP contribution in [0.3, 0.4) is 0 Å². The molecular formula is C14H19FN2O2. The van der Waals surface area contributed by atoms with Crippen molar-refractivity contribution < 1.29 is 14.3 Å². The van der Waals surface area contributed by atoms with Gasteiger partial charge in [0, 0.05) is 25.2 Å². The summed E-state index contributed by atoms with van der Waals surface area (Å²) in [5.41, 5.74) is 0.602.